The molecule has 0 aromatic heterocycles. The van der Waals surface area contributed by atoms with E-state index < -0.39 is 20.7 Å². The zero-order chi connectivity index (χ0) is 20.1. The number of esters is 1. The number of hydrogen-bond acceptors (Lipinski definition) is 8. The van der Waals surface area contributed by atoms with E-state index in [-0.39, 0.29) is 11.7 Å². The molecule has 1 N–H and O–H groups in total. The average Bonchev–Trinajstić information content (AvgIpc) is 3.16. The average molecular weight is 405 g/mol. The van der Waals surface area contributed by atoms with Gasteiger partial charge in [-0.3, -0.25) is 0 Å². The highest BCUT2D eigenvalue weighted by atomic mass is 32.2. The van der Waals surface area contributed by atoms with E-state index in [1.807, 2.05) is 6.92 Å². The fourth-order valence-corrected chi connectivity index (χ4v) is 3.76. The van der Waals surface area contributed by atoms with Crippen LogP contribution in [0.2, 0.25) is 0 Å². The summed E-state index contributed by atoms with van der Waals surface area (Å²) in [6.45, 7) is 2.40. The highest BCUT2D eigenvalue weighted by molar-refractivity contribution is 7.96. The highest BCUT2D eigenvalue weighted by Gasteiger charge is 2.28. The third-order valence-electron chi connectivity index (χ3n) is 3.86. The molecule has 2 aromatic carbocycles. The quantitative estimate of drug-likeness (QED) is 0.554. The molecule has 0 unspecified atom stereocenters. The Morgan fingerprint density at radius 2 is 1.86 bits per heavy atom. The predicted molar refractivity (Wildman–Crippen MR) is 101 cm³/mol. The molecular formula is C19H19NO7S. The summed E-state index contributed by atoms with van der Waals surface area (Å²) in [7, 11) is -3.00. The fraction of sp³-hybridized carbons (Fsp3) is 0.211. The van der Waals surface area contributed by atoms with Crippen LogP contribution in [0, 0.1) is 0 Å². The van der Waals surface area contributed by atoms with E-state index in [1.54, 1.807) is 18.2 Å². The summed E-state index contributed by atoms with van der Waals surface area (Å²) in [6.07, 6.45) is 1.09. The first-order valence-electron chi connectivity index (χ1n) is 8.38. The summed E-state index contributed by atoms with van der Waals surface area (Å²) in [5.74, 6) is 0.655. The van der Waals surface area contributed by atoms with Crippen LogP contribution < -0.4 is 19.5 Å². The Morgan fingerprint density at radius 3 is 2.54 bits per heavy atom. The van der Waals surface area contributed by atoms with Gasteiger partial charge in [0.1, 0.15) is 5.75 Å². The van der Waals surface area contributed by atoms with E-state index >= 15 is 0 Å². The van der Waals surface area contributed by atoms with E-state index in [0.29, 0.717) is 29.5 Å². The lowest BCUT2D eigenvalue weighted by molar-refractivity contribution is -0.135. The molecule has 0 atom stereocenters. The fourth-order valence-electron chi connectivity index (χ4n) is 2.49. The van der Waals surface area contributed by atoms with Crippen LogP contribution >= 0.6 is 0 Å². The van der Waals surface area contributed by atoms with Gasteiger partial charge in [0.15, 0.2) is 16.4 Å². The summed E-state index contributed by atoms with van der Waals surface area (Å²) in [4.78, 5) is 11.5. The van der Waals surface area contributed by atoms with Gasteiger partial charge in [-0.1, -0.05) is 0 Å². The molecule has 1 heterocycles. The molecule has 148 valence electrons. The van der Waals surface area contributed by atoms with Crippen LogP contribution in [0.5, 0.6) is 17.2 Å². The molecule has 9 heteroatoms. The van der Waals surface area contributed by atoms with Gasteiger partial charge in [0.2, 0.25) is 16.6 Å². The highest BCUT2D eigenvalue weighted by Crippen LogP contribution is 2.34. The Balaban J connectivity index is 1.90. The molecule has 1 aliphatic rings. The number of fused-ring (bicyclic) bond motifs is 1. The first-order chi connectivity index (χ1) is 13.5. The third-order valence-corrected chi connectivity index (χ3v) is 5.62. The van der Waals surface area contributed by atoms with Crippen molar-refractivity contribution in [1.29, 1.82) is 0 Å². The minimum Gasteiger partial charge on any atom is -0.494 e. The van der Waals surface area contributed by atoms with Gasteiger partial charge in [-0.15, -0.1) is 0 Å². The number of sulfone groups is 1. The maximum absolute atomic E-state index is 12.9. The normalized spacial score (nSPS) is 13.1. The monoisotopic (exact) mass is 405 g/mol. The SMILES string of the molecule is CCOc1ccc(S(=O)(=O)C(=CNc2ccc3c(c2)OCO3)C(=O)OC)cc1. The lowest BCUT2D eigenvalue weighted by Crippen LogP contribution is -2.17. The minimum atomic E-state index is -4.11. The second-order valence-electron chi connectivity index (χ2n) is 5.62. The molecule has 0 fully saturated rings. The number of anilines is 1. The van der Waals surface area contributed by atoms with Crippen molar-refractivity contribution in [3.8, 4) is 17.2 Å². The Labute approximate surface area is 162 Å². The summed E-state index contributed by atoms with van der Waals surface area (Å²) in [5.41, 5.74) is 0.521. The summed E-state index contributed by atoms with van der Waals surface area (Å²) in [6, 6.07) is 10.8. The lowest BCUT2D eigenvalue weighted by Gasteiger charge is -2.10. The number of ether oxygens (including phenoxy) is 4. The first kappa shape index (κ1) is 19.6. The smallest absolute Gasteiger partial charge is 0.351 e. The zero-order valence-corrected chi connectivity index (χ0v) is 16.1. The second kappa shape index (κ2) is 8.22. The van der Waals surface area contributed by atoms with Gasteiger partial charge in [-0.05, 0) is 43.3 Å². The van der Waals surface area contributed by atoms with Crippen LogP contribution in [-0.2, 0) is 19.4 Å². The van der Waals surface area contributed by atoms with E-state index in [9.17, 15) is 13.2 Å². The van der Waals surface area contributed by atoms with Gasteiger partial charge in [0.05, 0.1) is 18.6 Å². The Kier molecular flexibility index (Phi) is 5.74. The molecule has 0 amide bonds. The first-order valence-corrected chi connectivity index (χ1v) is 9.86. The van der Waals surface area contributed by atoms with Crippen molar-refractivity contribution < 1.29 is 32.2 Å². The van der Waals surface area contributed by atoms with Crippen molar-refractivity contribution in [1.82, 2.24) is 0 Å². The summed E-state index contributed by atoms with van der Waals surface area (Å²) in [5, 5.41) is 2.79. The number of hydrogen-bond donors (Lipinski definition) is 1. The molecule has 3 rings (SSSR count). The van der Waals surface area contributed by atoms with E-state index in [0.717, 1.165) is 13.3 Å². The maximum Gasteiger partial charge on any atom is 0.351 e. The molecule has 0 saturated carbocycles. The molecule has 2 aromatic rings. The van der Waals surface area contributed by atoms with Crippen LogP contribution in [0.3, 0.4) is 0 Å². The second-order valence-corrected chi connectivity index (χ2v) is 7.54. The van der Waals surface area contributed by atoms with E-state index in [1.165, 1.54) is 24.3 Å². The molecule has 28 heavy (non-hydrogen) atoms. The Bertz CT molecular complexity index is 997. The van der Waals surface area contributed by atoms with E-state index in [4.69, 9.17) is 14.2 Å². The summed E-state index contributed by atoms with van der Waals surface area (Å²) < 4.78 is 46.3. The summed E-state index contributed by atoms with van der Waals surface area (Å²) >= 11 is 0. The van der Waals surface area contributed by atoms with Crippen LogP contribution in [0.1, 0.15) is 6.92 Å². The van der Waals surface area contributed by atoms with Crippen molar-refractivity contribution in [2.75, 3.05) is 25.8 Å². The van der Waals surface area contributed by atoms with E-state index in [2.05, 4.69) is 10.1 Å². The predicted octanol–water partition coefficient (Wildman–Crippen LogP) is 2.71. The van der Waals surface area contributed by atoms with Crippen molar-refractivity contribution in [2.45, 2.75) is 11.8 Å². The maximum atomic E-state index is 12.9. The molecule has 1 aliphatic heterocycles. The molecule has 8 nitrogen and oxygen atoms in total. The van der Waals surface area contributed by atoms with Crippen LogP contribution in [0.15, 0.2) is 58.5 Å². The van der Waals surface area contributed by atoms with Crippen LogP contribution in [0.4, 0.5) is 5.69 Å². The van der Waals surface area contributed by atoms with Gasteiger partial charge in [0.25, 0.3) is 0 Å². The van der Waals surface area contributed by atoms with Crippen LogP contribution in [0.25, 0.3) is 0 Å². The van der Waals surface area contributed by atoms with Gasteiger partial charge < -0.3 is 24.3 Å². The topological polar surface area (TPSA) is 100 Å². The number of benzene rings is 2. The van der Waals surface area contributed by atoms with Gasteiger partial charge >= 0.3 is 5.97 Å². The minimum absolute atomic E-state index is 0.0555. The van der Waals surface area contributed by atoms with Crippen molar-refractivity contribution in [3.63, 3.8) is 0 Å². The van der Waals surface area contributed by atoms with Crippen molar-refractivity contribution in [3.05, 3.63) is 53.6 Å². The number of carbonyl (C=O) groups excluding carboxylic acids is 1. The number of nitrogens with one attached hydrogen (secondary N) is 1. The molecule has 0 aliphatic carbocycles. The zero-order valence-electron chi connectivity index (χ0n) is 15.3. The van der Waals surface area contributed by atoms with Crippen molar-refractivity contribution >= 4 is 21.5 Å². The van der Waals surface area contributed by atoms with Gasteiger partial charge in [-0.2, -0.15) is 0 Å². The number of rotatable bonds is 7. The lowest BCUT2D eigenvalue weighted by atomic mass is 10.3. The molecule has 0 radical (unpaired) electrons. The Morgan fingerprint density at radius 1 is 1.14 bits per heavy atom. The van der Waals surface area contributed by atoms with Gasteiger partial charge in [0, 0.05) is 18.0 Å². The third kappa shape index (κ3) is 4.04. The van der Waals surface area contributed by atoms with Crippen molar-refractivity contribution in [2.24, 2.45) is 0 Å². The van der Waals surface area contributed by atoms with Gasteiger partial charge in [-0.25, -0.2) is 13.2 Å². The van der Waals surface area contributed by atoms with Crippen LogP contribution in [-0.4, -0.2) is 34.9 Å². The molecule has 0 bridgehead atoms. The number of methoxy groups -OCH3 is 1. The standard InChI is InChI=1S/C19H19NO7S/c1-3-25-14-5-7-15(8-6-14)28(22,23)18(19(21)24-2)11-20-13-4-9-16-17(10-13)27-12-26-16/h4-11,20H,3,12H2,1-2H3. The molecule has 0 saturated heterocycles. The molecular weight excluding hydrogens is 386 g/mol. The molecule has 0 spiro atoms. The largest absolute Gasteiger partial charge is 0.494 e. The number of carbonyl (C=O) groups is 1. The Hall–Kier alpha value is -3.20.